The molecule has 1 aromatic carbocycles. The molecule has 0 bridgehead atoms. The molecule has 0 spiro atoms. The van der Waals surface area contributed by atoms with E-state index in [4.69, 9.17) is 27.9 Å². The number of nitrogens with zero attached hydrogens (tertiary/aromatic N) is 1. The first-order chi connectivity index (χ1) is 9.29. The highest BCUT2D eigenvalue weighted by molar-refractivity contribution is 7.09. The smallest absolute Gasteiger partial charge is 0.0929 e. The van der Waals surface area contributed by atoms with E-state index >= 15 is 0 Å². The number of aryl methyl sites for hydroxylation is 1. The summed E-state index contributed by atoms with van der Waals surface area (Å²) in [5, 5.41) is 3.89. The number of thiazole rings is 1. The van der Waals surface area contributed by atoms with E-state index in [0.29, 0.717) is 19.1 Å². The molecule has 0 aliphatic rings. The van der Waals surface area contributed by atoms with E-state index in [2.05, 4.69) is 4.98 Å². The van der Waals surface area contributed by atoms with Gasteiger partial charge in [-0.15, -0.1) is 22.9 Å². The van der Waals surface area contributed by atoms with Crippen molar-refractivity contribution in [2.24, 2.45) is 0 Å². The summed E-state index contributed by atoms with van der Waals surface area (Å²) in [6.45, 7) is 1.27. The normalized spacial score (nSPS) is 10.8. The van der Waals surface area contributed by atoms with Crippen LogP contribution >= 0.6 is 34.5 Å². The van der Waals surface area contributed by atoms with Gasteiger partial charge in [0.25, 0.3) is 0 Å². The molecular formula is C14H15Cl2NOS. The first-order valence-electron chi connectivity index (χ1n) is 6.10. The van der Waals surface area contributed by atoms with Crippen LogP contribution in [0.25, 0.3) is 0 Å². The highest BCUT2D eigenvalue weighted by atomic mass is 35.5. The molecule has 2 nitrogen and oxygen atoms in total. The molecule has 1 aromatic heterocycles. The number of alkyl halides is 1. The molecule has 0 amide bonds. The molecule has 2 rings (SSSR count). The fourth-order valence-electron chi connectivity index (χ4n) is 1.65. The first-order valence-corrected chi connectivity index (χ1v) is 7.89. The van der Waals surface area contributed by atoms with Gasteiger partial charge in [-0.2, -0.15) is 0 Å². The number of hydrogen-bond donors (Lipinski definition) is 0. The molecule has 0 saturated carbocycles. The second-order valence-electron chi connectivity index (χ2n) is 4.11. The van der Waals surface area contributed by atoms with Gasteiger partial charge in [-0.25, -0.2) is 4.98 Å². The van der Waals surface area contributed by atoms with Gasteiger partial charge in [0.15, 0.2) is 0 Å². The Labute approximate surface area is 127 Å². The maximum absolute atomic E-state index is 6.05. The Morgan fingerprint density at radius 2 is 2.11 bits per heavy atom. The Morgan fingerprint density at radius 3 is 2.84 bits per heavy atom. The number of hydrogen-bond acceptors (Lipinski definition) is 3. The number of ether oxygens (including phenoxy) is 1. The van der Waals surface area contributed by atoms with Crippen molar-refractivity contribution >= 4 is 34.5 Å². The lowest BCUT2D eigenvalue weighted by molar-refractivity contribution is 0.119. The van der Waals surface area contributed by atoms with Crippen molar-refractivity contribution in [3.63, 3.8) is 0 Å². The largest absolute Gasteiger partial charge is 0.377 e. The number of aromatic nitrogens is 1. The highest BCUT2D eigenvalue weighted by Gasteiger charge is 2.02. The van der Waals surface area contributed by atoms with Gasteiger partial charge >= 0.3 is 0 Å². The summed E-state index contributed by atoms with van der Waals surface area (Å²) in [7, 11) is 0. The Morgan fingerprint density at radius 1 is 1.26 bits per heavy atom. The molecule has 0 aliphatic heterocycles. The zero-order valence-corrected chi connectivity index (χ0v) is 12.8. The standard InChI is InChI=1S/C14H15Cl2NOS/c15-8-12-10-19-14(17-12)6-3-7-18-9-11-4-1-2-5-13(11)16/h1-2,4-5,10H,3,6-9H2. The number of halogens is 2. The van der Waals surface area contributed by atoms with Crippen LogP contribution in [-0.2, 0) is 23.6 Å². The van der Waals surface area contributed by atoms with E-state index in [9.17, 15) is 0 Å². The van der Waals surface area contributed by atoms with Crippen molar-refractivity contribution in [2.75, 3.05) is 6.61 Å². The van der Waals surface area contributed by atoms with Gasteiger partial charge in [0.1, 0.15) is 0 Å². The molecule has 5 heteroatoms. The monoisotopic (exact) mass is 315 g/mol. The average Bonchev–Trinajstić information content (AvgIpc) is 2.88. The SMILES string of the molecule is ClCc1csc(CCCOCc2ccccc2Cl)n1. The predicted molar refractivity (Wildman–Crippen MR) is 81.1 cm³/mol. The third-order valence-electron chi connectivity index (χ3n) is 2.63. The van der Waals surface area contributed by atoms with E-state index in [1.165, 1.54) is 0 Å². The summed E-state index contributed by atoms with van der Waals surface area (Å²) < 4.78 is 5.62. The zero-order chi connectivity index (χ0) is 13.5. The second kappa shape index (κ2) is 7.85. The molecule has 0 N–H and O–H groups in total. The van der Waals surface area contributed by atoms with Crippen LogP contribution in [0.3, 0.4) is 0 Å². The minimum atomic E-state index is 0.486. The molecule has 0 unspecified atom stereocenters. The van der Waals surface area contributed by atoms with Crippen LogP contribution in [0.15, 0.2) is 29.6 Å². The van der Waals surface area contributed by atoms with Gasteiger partial charge in [-0.05, 0) is 18.1 Å². The van der Waals surface area contributed by atoms with Gasteiger partial charge < -0.3 is 4.74 Å². The van der Waals surface area contributed by atoms with E-state index in [0.717, 1.165) is 34.1 Å². The second-order valence-corrected chi connectivity index (χ2v) is 5.73. The first kappa shape index (κ1) is 14.8. The third-order valence-corrected chi connectivity index (χ3v) is 4.23. The Balaban J connectivity index is 1.66. The summed E-state index contributed by atoms with van der Waals surface area (Å²) in [6.07, 6.45) is 1.89. The van der Waals surface area contributed by atoms with Crippen molar-refractivity contribution in [3.05, 3.63) is 50.9 Å². The van der Waals surface area contributed by atoms with Gasteiger partial charge in [-0.3, -0.25) is 0 Å². The topological polar surface area (TPSA) is 22.1 Å². The van der Waals surface area contributed by atoms with Crippen LogP contribution in [0.5, 0.6) is 0 Å². The lowest BCUT2D eigenvalue weighted by Crippen LogP contribution is -1.98. The summed E-state index contributed by atoms with van der Waals surface area (Å²) in [6, 6.07) is 7.75. The van der Waals surface area contributed by atoms with Crippen molar-refractivity contribution in [3.8, 4) is 0 Å². The molecule has 1 heterocycles. The molecule has 0 saturated heterocycles. The molecule has 19 heavy (non-hydrogen) atoms. The Hall–Kier alpha value is -0.610. The summed E-state index contributed by atoms with van der Waals surface area (Å²) in [5.41, 5.74) is 1.99. The lowest BCUT2D eigenvalue weighted by atomic mass is 10.2. The Kier molecular flexibility index (Phi) is 6.11. The summed E-state index contributed by atoms with van der Waals surface area (Å²) in [4.78, 5) is 4.41. The van der Waals surface area contributed by atoms with Crippen LogP contribution in [-0.4, -0.2) is 11.6 Å². The van der Waals surface area contributed by atoms with E-state index in [1.807, 2.05) is 29.6 Å². The zero-order valence-electron chi connectivity index (χ0n) is 10.4. The fraction of sp³-hybridized carbons (Fsp3) is 0.357. The van der Waals surface area contributed by atoms with Crippen molar-refractivity contribution < 1.29 is 4.74 Å². The van der Waals surface area contributed by atoms with Crippen LogP contribution in [0.2, 0.25) is 5.02 Å². The molecule has 0 aliphatic carbocycles. The van der Waals surface area contributed by atoms with Gasteiger partial charge in [0.2, 0.25) is 0 Å². The van der Waals surface area contributed by atoms with Gasteiger partial charge in [0, 0.05) is 23.4 Å². The number of rotatable bonds is 7. The predicted octanol–water partition coefficient (Wildman–Crippen LogP) is 4.68. The van der Waals surface area contributed by atoms with E-state index in [1.54, 1.807) is 11.3 Å². The maximum atomic E-state index is 6.05. The lowest BCUT2D eigenvalue weighted by Gasteiger charge is -2.05. The van der Waals surface area contributed by atoms with Crippen molar-refractivity contribution in [1.82, 2.24) is 4.98 Å². The van der Waals surface area contributed by atoms with Gasteiger partial charge in [0.05, 0.1) is 23.2 Å². The maximum Gasteiger partial charge on any atom is 0.0929 e. The summed E-state index contributed by atoms with van der Waals surface area (Å²) >= 11 is 13.4. The third kappa shape index (κ3) is 4.77. The molecule has 0 atom stereocenters. The van der Waals surface area contributed by atoms with E-state index in [-0.39, 0.29) is 0 Å². The van der Waals surface area contributed by atoms with Crippen LogP contribution in [0.4, 0.5) is 0 Å². The molecule has 0 fully saturated rings. The minimum Gasteiger partial charge on any atom is -0.377 e. The molecular weight excluding hydrogens is 301 g/mol. The minimum absolute atomic E-state index is 0.486. The molecule has 2 aromatic rings. The van der Waals surface area contributed by atoms with Crippen molar-refractivity contribution in [1.29, 1.82) is 0 Å². The van der Waals surface area contributed by atoms with Gasteiger partial charge in [-0.1, -0.05) is 29.8 Å². The summed E-state index contributed by atoms with van der Waals surface area (Å²) in [5.74, 6) is 0.486. The average molecular weight is 316 g/mol. The number of benzene rings is 1. The molecule has 0 radical (unpaired) electrons. The van der Waals surface area contributed by atoms with Crippen LogP contribution in [0, 0.1) is 0 Å². The highest BCUT2D eigenvalue weighted by Crippen LogP contribution is 2.16. The van der Waals surface area contributed by atoms with E-state index < -0.39 is 0 Å². The van der Waals surface area contributed by atoms with Crippen LogP contribution in [0.1, 0.15) is 22.7 Å². The quantitative estimate of drug-likeness (QED) is 0.546. The molecule has 102 valence electrons. The van der Waals surface area contributed by atoms with Crippen LogP contribution < -0.4 is 0 Å². The Bertz CT molecular complexity index is 516. The fourth-order valence-corrected chi connectivity index (χ4v) is 2.91. The van der Waals surface area contributed by atoms with Crippen molar-refractivity contribution in [2.45, 2.75) is 25.3 Å².